The monoisotopic (exact) mass is 382 g/mol. The first-order chi connectivity index (χ1) is 12.4. The van der Waals surface area contributed by atoms with E-state index < -0.39 is 22.0 Å². The van der Waals surface area contributed by atoms with Crippen LogP contribution in [0.5, 0.6) is 11.5 Å². The van der Waals surface area contributed by atoms with Gasteiger partial charge in [-0.3, -0.25) is 4.79 Å². The van der Waals surface area contributed by atoms with Crippen LogP contribution in [0.15, 0.2) is 17.0 Å². The Labute approximate surface area is 149 Å². The summed E-state index contributed by atoms with van der Waals surface area (Å²) in [6.07, 6.45) is 1.22. The van der Waals surface area contributed by atoms with Crippen molar-refractivity contribution in [1.82, 2.24) is 9.62 Å². The summed E-state index contributed by atoms with van der Waals surface area (Å²) in [7, 11) is -3.99. The fourth-order valence-corrected chi connectivity index (χ4v) is 5.52. The molecule has 2 fully saturated rings. The van der Waals surface area contributed by atoms with Gasteiger partial charge in [-0.05, 0) is 18.9 Å². The van der Waals surface area contributed by atoms with Crippen molar-refractivity contribution in [3.05, 3.63) is 17.7 Å². The first kappa shape index (κ1) is 17.1. The number of fused-ring (bicyclic) bond motifs is 2. The van der Waals surface area contributed by atoms with Crippen molar-refractivity contribution in [2.45, 2.75) is 23.8 Å². The van der Waals surface area contributed by atoms with Crippen molar-refractivity contribution < 1.29 is 32.6 Å². The second-order valence-electron chi connectivity index (χ2n) is 6.48. The smallest absolute Gasteiger partial charge is 0.339 e. The highest BCUT2D eigenvalue weighted by Gasteiger charge is 2.46. The van der Waals surface area contributed by atoms with Crippen LogP contribution in [0, 0.1) is 5.92 Å². The Morgan fingerprint density at radius 2 is 2.04 bits per heavy atom. The van der Waals surface area contributed by atoms with Gasteiger partial charge in [0.05, 0.1) is 16.9 Å². The molecule has 0 radical (unpaired) electrons. The summed E-state index contributed by atoms with van der Waals surface area (Å²) in [6, 6.07) is 1.94. The molecule has 1 amide bonds. The second-order valence-corrected chi connectivity index (χ2v) is 8.37. The number of nitrogens with one attached hydrogen (secondary N) is 1. The molecule has 3 heterocycles. The van der Waals surface area contributed by atoms with Crippen LogP contribution in [0.25, 0.3) is 0 Å². The third-order valence-corrected chi connectivity index (χ3v) is 6.91. The molecule has 2 atom stereocenters. The molecule has 1 aromatic rings. The van der Waals surface area contributed by atoms with Gasteiger partial charge in [0.25, 0.3) is 0 Å². The Bertz CT molecular complexity index is 883. The number of piperidine rings is 1. The molecule has 0 aromatic heterocycles. The lowest BCUT2D eigenvalue weighted by molar-refractivity contribution is -0.123. The van der Waals surface area contributed by atoms with E-state index in [1.807, 2.05) is 0 Å². The van der Waals surface area contributed by atoms with Crippen LogP contribution < -0.4 is 14.8 Å². The third kappa shape index (κ3) is 2.60. The Balaban J connectivity index is 1.77. The van der Waals surface area contributed by atoms with Crippen LogP contribution in [0.1, 0.15) is 23.2 Å². The van der Waals surface area contributed by atoms with E-state index in [4.69, 9.17) is 9.47 Å². The molecule has 9 nitrogen and oxygen atoms in total. The van der Waals surface area contributed by atoms with Gasteiger partial charge in [-0.25, -0.2) is 13.2 Å². The highest BCUT2D eigenvalue weighted by Crippen LogP contribution is 2.39. The number of carbonyl (C=O) groups is 2. The number of carboxylic acid groups (broad SMARTS) is 1. The second kappa shape index (κ2) is 6.13. The molecule has 0 aliphatic carbocycles. The van der Waals surface area contributed by atoms with Gasteiger partial charge >= 0.3 is 5.97 Å². The van der Waals surface area contributed by atoms with Crippen LogP contribution >= 0.6 is 0 Å². The van der Waals surface area contributed by atoms with Gasteiger partial charge in [0.2, 0.25) is 15.9 Å². The number of benzene rings is 1. The van der Waals surface area contributed by atoms with Crippen LogP contribution in [-0.4, -0.2) is 62.1 Å². The molecule has 0 unspecified atom stereocenters. The minimum Gasteiger partial charge on any atom is -0.486 e. The number of rotatable bonds is 3. The highest BCUT2D eigenvalue weighted by molar-refractivity contribution is 7.89. The van der Waals surface area contributed by atoms with Gasteiger partial charge in [-0.1, -0.05) is 0 Å². The van der Waals surface area contributed by atoms with Crippen LogP contribution in [0.4, 0.5) is 0 Å². The fourth-order valence-electron chi connectivity index (χ4n) is 3.78. The van der Waals surface area contributed by atoms with Gasteiger partial charge < -0.3 is 19.9 Å². The molecule has 2 saturated heterocycles. The minimum absolute atomic E-state index is 0.0388. The molecule has 3 aliphatic heterocycles. The maximum absolute atomic E-state index is 13.2. The maximum atomic E-state index is 13.2. The van der Waals surface area contributed by atoms with Gasteiger partial charge in [0, 0.05) is 19.2 Å². The van der Waals surface area contributed by atoms with E-state index in [0.29, 0.717) is 12.8 Å². The summed E-state index contributed by atoms with van der Waals surface area (Å²) >= 11 is 0. The predicted octanol–water partition coefficient (Wildman–Crippen LogP) is 0.0551. The standard InChI is InChI=1S/C16H18N2O7S/c19-15-10-2-1-3-18(12(10)8-17-15)26(22,23)9-6-11(16(20)21)14-13(7-9)24-4-5-25-14/h6-7,10,12H,1-5,8H2,(H,17,19)(H,20,21)/t10-,12-/m1/s1. The Morgan fingerprint density at radius 3 is 2.81 bits per heavy atom. The number of amides is 1. The van der Waals surface area contributed by atoms with Gasteiger partial charge in [0.15, 0.2) is 11.5 Å². The lowest BCUT2D eigenvalue weighted by atomic mass is 9.93. The Hall–Kier alpha value is -2.33. The molecule has 10 heteroatoms. The molecule has 0 spiro atoms. The number of sulfonamides is 1. The summed E-state index contributed by atoms with van der Waals surface area (Å²) in [5.41, 5.74) is -0.255. The molecule has 3 aliphatic rings. The number of hydrogen-bond donors (Lipinski definition) is 2. The lowest BCUT2D eigenvalue weighted by Gasteiger charge is -2.35. The summed E-state index contributed by atoms with van der Waals surface area (Å²) < 4.78 is 38.4. The summed E-state index contributed by atoms with van der Waals surface area (Å²) in [4.78, 5) is 23.3. The fraction of sp³-hybridized carbons (Fsp3) is 0.500. The number of carbonyl (C=O) groups excluding carboxylic acids is 1. The minimum atomic E-state index is -3.99. The predicted molar refractivity (Wildman–Crippen MR) is 87.8 cm³/mol. The molecule has 0 saturated carbocycles. The average Bonchev–Trinajstić information content (AvgIpc) is 3.01. The zero-order valence-electron chi connectivity index (χ0n) is 13.8. The SMILES string of the molecule is O=C(O)c1cc(S(=O)(=O)N2CCC[C@H]3C(=O)NC[C@H]32)cc2c1OCCO2. The van der Waals surface area contributed by atoms with E-state index in [1.54, 1.807) is 0 Å². The molecule has 140 valence electrons. The lowest BCUT2D eigenvalue weighted by Crippen LogP contribution is -2.48. The maximum Gasteiger partial charge on any atom is 0.339 e. The molecular weight excluding hydrogens is 364 g/mol. The van der Waals surface area contributed by atoms with Crippen molar-refractivity contribution in [2.24, 2.45) is 5.92 Å². The summed E-state index contributed by atoms with van der Waals surface area (Å²) in [6.45, 7) is 0.958. The molecule has 0 bridgehead atoms. The first-order valence-electron chi connectivity index (χ1n) is 8.36. The van der Waals surface area contributed by atoms with Gasteiger partial charge in [0.1, 0.15) is 18.8 Å². The topological polar surface area (TPSA) is 122 Å². The molecule has 26 heavy (non-hydrogen) atoms. The van der Waals surface area contributed by atoms with E-state index in [1.165, 1.54) is 10.4 Å². The zero-order valence-corrected chi connectivity index (χ0v) is 14.6. The Morgan fingerprint density at radius 1 is 1.27 bits per heavy atom. The van der Waals surface area contributed by atoms with Crippen LogP contribution in [0.2, 0.25) is 0 Å². The third-order valence-electron chi connectivity index (χ3n) is 5.00. The zero-order chi connectivity index (χ0) is 18.5. The van der Waals surface area contributed by atoms with E-state index in [0.717, 1.165) is 6.07 Å². The van der Waals surface area contributed by atoms with Gasteiger partial charge in [-0.2, -0.15) is 4.31 Å². The molecule has 4 rings (SSSR count). The van der Waals surface area contributed by atoms with E-state index >= 15 is 0 Å². The first-order valence-corrected chi connectivity index (χ1v) is 9.80. The van der Waals surface area contributed by atoms with Crippen molar-refractivity contribution in [3.63, 3.8) is 0 Å². The van der Waals surface area contributed by atoms with Crippen LogP contribution in [0.3, 0.4) is 0 Å². The number of ether oxygens (including phenoxy) is 2. The Kier molecular flexibility index (Phi) is 4.03. The van der Waals surface area contributed by atoms with Gasteiger partial charge in [-0.15, -0.1) is 0 Å². The number of hydrogen-bond acceptors (Lipinski definition) is 6. The quantitative estimate of drug-likeness (QED) is 0.758. The number of nitrogens with zero attached hydrogens (tertiary/aromatic N) is 1. The summed E-state index contributed by atoms with van der Waals surface area (Å²) in [5.74, 6) is -1.66. The van der Waals surface area contributed by atoms with Crippen molar-refractivity contribution in [1.29, 1.82) is 0 Å². The molecule has 1 aromatic carbocycles. The number of carboxylic acids is 1. The highest BCUT2D eigenvalue weighted by atomic mass is 32.2. The van der Waals surface area contributed by atoms with Crippen molar-refractivity contribution >= 4 is 21.9 Å². The average molecular weight is 382 g/mol. The van der Waals surface area contributed by atoms with E-state index in [2.05, 4.69) is 5.32 Å². The molecule has 2 N–H and O–H groups in total. The van der Waals surface area contributed by atoms with E-state index in [9.17, 15) is 23.1 Å². The summed E-state index contributed by atoms with van der Waals surface area (Å²) in [5, 5.41) is 12.1. The number of aromatic carboxylic acids is 1. The van der Waals surface area contributed by atoms with Crippen molar-refractivity contribution in [3.8, 4) is 11.5 Å². The van der Waals surface area contributed by atoms with E-state index in [-0.39, 0.29) is 60.1 Å². The largest absolute Gasteiger partial charge is 0.486 e. The molecular formula is C16H18N2O7S. The van der Waals surface area contributed by atoms with Crippen molar-refractivity contribution in [2.75, 3.05) is 26.3 Å². The normalized spacial score (nSPS) is 25.5. The van der Waals surface area contributed by atoms with Crippen LogP contribution in [-0.2, 0) is 14.8 Å².